The molecule has 0 saturated carbocycles. The SMILES string of the molecule is C=C=C(C)/C=C(/C)N.CC. The van der Waals surface area contributed by atoms with Gasteiger partial charge in [-0.15, -0.1) is 5.73 Å². The zero-order valence-electron chi connectivity index (χ0n) is 7.36. The van der Waals surface area contributed by atoms with Crippen LogP contribution >= 0.6 is 0 Å². The van der Waals surface area contributed by atoms with Crippen molar-refractivity contribution in [3.8, 4) is 0 Å². The first kappa shape index (κ1) is 11.8. The molecule has 0 aromatic carbocycles. The van der Waals surface area contributed by atoms with Crippen molar-refractivity contribution in [3.05, 3.63) is 29.7 Å². The zero-order chi connectivity index (χ0) is 8.57. The van der Waals surface area contributed by atoms with Crippen LogP contribution in [0.25, 0.3) is 0 Å². The van der Waals surface area contributed by atoms with Gasteiger partial charge in [-0.3, -0.25) is 0 Å². The molecule has 1 nitrogen and oxygen atoms in total. The summed E-state index contributed by atoms with van der Waals surface area (Å²) in [5, 5.41) is 0. The molecule has 10 heavy (non-hydrogen) atoms. The van der Waals surface area contributed by atoms with Crippen molar-refractivity contribution in [2.24, 2.45) is 5.73 Å². The summed E-state index contributed by atoms with van der Waals surface area (Å²) in [7, 11) is 0. The molecule has 0 saturated heterocycles. The molecule has 0 radical (unpaired) electrons. The van der Waals surface area contributed by atoms with Gasteiger partial charge in [-0.1, -0.05) is 20.4 Å². The third-order valence-electron chi connectivity index (χ3n) is 0.723. The van der Waals surface area contributed by atoms with Crippen LogP contribution in [-0.2, 0) is 0 Å². The maximum Gasteiger partial charge on any atom is 0.00577 e. The maximum atomic E-state index is 5.34. The van der Waals surface area contributed by atoms with E-state index in [1.807, 2.05) is 33.8 Å². The fraction of sp³-hybridized carbons (Fsp3) is 0.444. The summed E-state index contributed by atoms with van der Waals surface area (Å²) in [6.07, 6.45) is 1.83. The molecule has 0 unspecified atom stereocenters. The molecule has 0 bridgehead atoms. The molecule has 0 fully saturated rings. The summed E-state index contributed by atoms with van der Waals surface area (Å²) in [5.74, 6) is 0. The zero-order valence-corrected chi connectivity index (χ0v) is 7.36. The Balaban J connectivity index is 0. The predicted molar refractivity (Wildman–Crippen MR) is 47.6 cm³/mol. The fourth-order valence-electron chi connectivity index (χ4n) is 0.393. The number of hydrogen-bond acceptors (Lipinski definition) is 1. The second-order valence-electron chi connectivity index (χ2n) is 1.75. The van der Waals surface area contributed by atoms with Gasteiger partial charge >= 0.3 is 0 Å². The molecular weight excluding hydrogens is 122 g/mol. The van der Waals surface area contributed by atoms with Gasteiger partial charge in [-0.2, -0.15) is 0 Å². The largest absolute Gasteiger partial charge is 0.402 e. The lowest BCUT2D eigenvalue weighted by atomic mass is 10.3. The summed E-state index contributed by atoms with van der Waals surface area (Å²) in [6.45, 7) is 11.2. The van der Waals surface area contributed by atoms with Crippen LogP contribution in [0.1, 0.15) is 27.7 Å². The molecule has 0 aromatic rings. The second kappa shape index (κ2) is 8.06. The van der Waals surface area contributed by atoms with Gasteiger partial charge < -0.3 is 5.73 Å². The third kappa shape index (κ3) is 10.1. The monoisotopic (exact) mass is 139 g/mol. The first-order chi connectivity index (χ1) is 4.66. The van der Waals surface area contributed by atoms with Crippen LogP contribution in [0.2, 0.25) is 0 Å². The van der Waals surface area contributed by atoms with E-state index >= 15 is 0 Å². The number of allylic oxidation sites excluding steroid dienone is 3. The Morgan fingerprint density at radius 3 is 1.90 bits per heavy atom. The molecule has 0 aliphatic heterocycles. The molecule has 0 aliphatic rings. The third-order valence-corrected chi connectivity index (χ3v) is 0.723. The van der Waals surface area contributed by atoms with Gasteiger partial charge in [0.2, 0.25) is 0 Å². The van der Waals surface area contributed by atoms with Crippen molar-refractivity contribution in [1.82, 2.24) is 0 Å². The molecule has 0 aromatic heterocycles. The smallest absolute Gasteiger partial charge is 0.00577 e. The Morgan fingerprint density at radius 1 is 1.40 bits per heavy atom. The summed E-state index contributed by atoms with van der Waals surface area (Å²) >= 11 is 0. The molecule has 2 N–H and O–H groups in total. The van der Waals surface area contributed by atoms with Gasteiger partial charge in [-0.05, 0) is 25.5 Å². The Hall–Kier alpha value is -0.940. The van der Waals surface area contributed by atoms with E-state index in [0.29, 0.717) is 0 Å². The lowest BCUT2D eigenvalue weighted by molar-refractivity contribution is 1.29. The molecule has 0 amide bonds. The first-order valence-electron chi connectivity index (χ1n) is 3.47. The average Bonchev–Trinajstić information content (AvgIpc) is 1.91. The number of hydrogen-bond donors (Lipinski definition) is 1. The predicted octanol–water partition coefficient (Wildman–Crippen LogP) is 2.61. The molecule has 1 heteroatoms. The lowest BCUT2D eigenvalue weighted by Gasteiger charge is -1.86. The highest BCUT2D eigenvalue weighted by atomic mass is 14.5. The van der Waals surface area contributed by atoms with Crippen LogP contribution in [0.3, 0.4) is 0 Å². The van der Waals surface area contributed by atoms with E-state index < -0.39 is 0 Å². The van der Waals surface area contributed by atoms with Crippen LogP contribution in [0.4, 0.5) is 0 Å². The van der Waals surface area contributed by atoms with Gasteiger partial charge in [-0.25, -0.2) is 0 Å². The highest BCUT2D eigenvalue weighted by Gasteiger charge is 1.76. The molecule has 0 spiro atoms. The molecular formula is C9H17N. The van der Waals surface area contributed by atoms with Crippen molar-refractivity contribution in [2.45, 2.75) is 27.7 Å². The van der Waals surface area contributed by atoms with Gasteiger partial charge in [0, 0.05) is 5.70 Å². The Labute approximate surface area is 63.9 Å². The van der Waals surface area contributed by atoms with E-state index in [9.17, 15) is 0 Å². The van der Waals surface area contributed by atoms with Gasteiger partial charge in [0.25, 0.3) is 0 Å². The molecule has 0 heterocycles. The maximum absolute atomic E-state index is 5.34. The average molecular weight is 139 g/mol. The van der Waals surface area contributed by atoms with Crippen LogP contribution in [0.15, 0.2) is 29.7 Å². The minimum atomic E-state index is 0.790. The number of rotatable bonds is 1. The summed E-state index contributed by atoms with van der Waals surface area (Å²) in [6, 6.07) is 0. The van der Waals surface area contributed by atoms with Crippen LogP contribution < -0.4 is 5.73 Å². The normalized spacial score (nSPS) is 9.00. The first-order valence-corrected chi connectivity index (χ1v) is 3.47. The molecule has 0 rings (SSSR count). The molecule has 0 aliphatic carbocycles. The second-order valence-corrected chi connectivity index (χ2v) is 1.75. The fourth-order valence-corrected chi connectivity index (χ4v) is 0.393. The van der Waals surface area contributed by atoms with Crippen molar-refractivity contribution in [3.63, 3.8) is 0 Å². The number of nitrogens with two attached hydrogens (primary N) is 1. The minimum Gasteiger partial charge on any atom is -0.402 e. The van der Waals surface area contributed by atoms with Gasteiger partial charge in [0.05, 0.1) is 0 Å². The van der Waals surface area contributed by atoms with Crippen molar-refractivity contribution in [1.29, 1.82) is 0 Å². The van der Waals surface area contributed by atoms with E-state index in [1.54, 1.807) is 0 Å². The van der Waals surface area contributed by atoms with E-state index in [0.717, 1.165) is 11.3 Å². The van der Waals surface area contributed by atoms with Crippen molar-refractivity contribution < 1.29 is 0 Å². The van der Waals surface area contributed by atoms with Gasteiger partial charge in [0.1, 0.15) is 0 Å². The Morgan fingerprint density at radius 2 is 1.80 bits per heavy atom. The lowest BCUT2D eigenvalue weighted by Crippen LogP contribution is -1.89. The molecule has 58 valence electrons. The Kier molecular flexibility index (Phi) is 9.52. The Bertz CT molecular complexity index is 144. The standard InChI is InChI=1S/C7H11N.C2H6/c1-4-6(2)5-7(3)8;1-2/h5H,1,8H2,2-3H3;1-2H3/b7-5-;. The summed E-state index contributed by atoms with van der Waals surface area (Å²) in [4.78, 5) is 0. The van der Waals surface area contributed by atoms with Crippen LogP contribution in [0, 0.1) is 0 Å². The summed E-state index contributed by atoms with van der Waals surface area (Å²) < 4.78 is 0. The van der Waals surface area contributed by atoms with E-state index in [1.165, 1.54) is 0 Å². The van der Waals surface area contributed by atoms with E-state index in [4.69, 9.17) is 5.73 Å². The quantitative estimate of drug-likeness (QED) is 0.438. The highest BCUT2D eigenvalue weighted by molar-refractivity contribution is 5.16. The highest BCUT2D eigenvalue weighted by Crippen LogP contribution is 1.92. The van der Waals surface area contributed by atoms with E-state index in [2.05, 4.69) is 12.3 Å². The van der Waals surface area contributed by atoms with Crippen molar-refractivity contribution >= 4 is 0 Å². The topological polar surface area (TPSA) is 26.0 Å². The van der Waals surface area contributed by atoms with E-state index in [-0.39, 0.29) is 0 Å². The summed E-state index contributed by atoms with van der Waals surface area (Å²) in [5.41, 5.74) is 9.82. The molecule has 0 atom stereocenters. The van der Waals surface area contributed by atoms with Gasteiger partial charge in [0.15, 0.2) is 0 Å². The van der Waals surface area contributed by atoms with Crippen LogP contribution in [0.5, 0.6) is 0 Å². The van der Waals surface area contributed by atoms with Crippen molar-refractivity contribution in [2.75, 3.05) is 0 Å². The minimum absolute atomic E-state index is 0.790. The van der Waals surface area contributed by atoms with Crippen LogP contribution in [-0.4, -0.2) is 0 Å².